The molecule has 25 heavy (non-hydrogen) atoms. The molecule has 1 aromatic carbocycles. The van der Waals surface area contributed by atoms with Gasteiger partial charge in [0.15, 0.2) is 5.82 Å². The Morgan fingerprint density at radius 3 is 2.80 bits per heavy atom. The van der Waals surface area contributed by atoms with Crippen molar-refractivity contribution in [2.24, 2.45) is 0 Å². The van der Waals surface area contributed by atoms with Gasteiger partial charge in [-0.2, -0.15) is 5.10 Å². The molecule has 1 aliphatic carbocycles. The molecule has 4 rings (SSSR count). The fourth-order valence-corrected chi connectivity index (χ4v) is 3.97. The van der Waals surface area contributed by atoms with Gasteiger partial charge < -0.3 is 10.0 Å². The summed E-state index contributed by atoms with van der Waals surface area (Å²) in [5, 5.41) is 15.0. The van der Waals surface area contributed by atoms with E-state index in [1.807, 2.05) is 40.8 Å². The Labute approximate surface area is 147 Å². The Hall–Kier alpha value is -2.21. The summed E-state index contributed by atoms with van der Waals surface area (Å²) in [4.78, 5) is 18.5. The number of anilines is 1. The Morgan fingerprint density at radius 2 is 2.04 bits per heavy atom. The van der Waals surface area contributed by atoms with E-state index >= 15 is 0 Å². The van der Waals surface area contributed by atoms with E-state index in [9.17, 15) is 9.90 Å². The molecule has 1 amide bonds. The first-order chi connectivity index (χ1) is 12.1. The first kappa shape index (κ1) is 16.3. The van der Waals surface area contributed by atoms with E-state index in [1.54, 1.807) is 0 Å². The number of aryl methyl sites for hydroxylation is 1. The number of hydrogen-bond donors (Lipinski definition) is 1. The summed E-state index contributed by atoms with van der Waals surface area (Å²) in [7, 11) is 0. The first-order valence-corrected chi connectivity index (χ1v) is 9.15. The van der Waals surface area contributed by atoms with E-state index in [1.165, 1.54) is 0 Å². The van der Waals surface area contributed by atoms with Crippen molar-refractivity contribution >= 4 is 11.6 Å². The minimum absolute atomic E-state index is 0.0259. The van der Waals surface area contributed by atoms with Crippen LogP contribution in [0.2, 0.25) is 0 Å². The van der Waals surface area contributed by atoms with Crippen molar-refractivity contribution in [1.82, 2.24) is 14.8 Å². The van der Waals surface area contributed by atoms with Crippen LogP contribution >= 0.6 is 0 Å². The average Bonchev–Trinajstić information content (AvgIpc) is 3.21. The van der Waals surface area contributed by atoms with Crippen molar-refractivity contribution in [3.05, 3.63) is 30.1 Å². The number of aliphatic hydroxyl groups is 1. The van der Waals surface area contributed by atoms with Crippen molar-refractivity contribution in [2.45, 2.75) is 57.6 Å². The molecule has 2 aliphatic rings. The molecule has 0 bridgehead atoms. The zero-order valence-corrected chi connectivity index (χ0v) is 14.6. The summed E-state index contributed by atoms with van der Waals surface area (Å²) < 4.78 is 1.89. The first-order valence-electron chi connectivity index (χ1n) is 9.15. The molecule has 6 nitrogen and oxygen atoms in total. The maximum atomic E-state index is 12.0. The third-order valence-corrected chi connectivity index (χ3v) is 5.23. The number of benzene rings is 1. The number of aliphatic hydroxyl groups excluding tert-OH is 1. The molecule has 0 radical (unpaired) electrons. The number of rotatable bonds is 3. The lowest BCUT2D eigenvalue weighted by Gasteiger charge is -2.28. The summed E-state index contributed by atoms with van der Waals surface area (Å²) in [5.41, 5.74) is 1.85. The number of carbonyl (C=O) groups excluding carboxylic acids is 1. The maximum Gasteiger partial charge on any atom is 0.227 e. The van der Waals surface area contributed by atoms with Crippen molar-refractivity contribution in [3.63, 3.8) is 0 Å². The third kappa shape index (κ3) is 3.06. The molecule has 0 spiro atoms. The molecular formula is C19H24N4O2. The SMILES string of the molecule is Cc1nc(-c2cccc(N3CCCC3=O)c2)n([C@@H]2CCCC[C@H]2O)n1. The van der Waals surface area contributed by atoms with Crippen molar-refractivity contribution in [1.29, 1.82) is 0 Å². The number of carbonyl (C=O) groups is 1. The molecule has 6 heteroatoms. The highest BCUT2D eigenvalue weighted by Gasteiger charge is 2.29. The van der Waals surface area contributed by atoms with Crippen LogP contribution in [0.1, 0.15) is 50.4 Å². The van der Waals surface area contributed by atoms with Gasteiger partial charge in [-0.05, 0) is 38.3 Å². The highest BCUT2D eigenvalue weighted by atomic mass is 16.3. The summed E-state index contributed by atoms with van der Waals surface area (Å²) >= 11 is 0. The molecule has 1 N–H and O–H groups in total. The van der Waals surface area contributed by atoms with Crippen LogP contribution < -0.4 is 4.90 Å². The minimum atomic E-state index is -0.378. The van der Waals surface area contributed by atoms with Gasteiger partial charge in [0.2, 0.25) is 5.91 Å². The number of hydrogen-bond acceptors (Lipinski definition) is 4. The molecule has 2 atom stereocenters. The lowest BCUT2D eigenvalue weighted by atomic mass is 9.92. The Bertz CT molecular complexity index is 785. The molecule has 1 saturated heterocycles. The quantitative estimate of drug-likeness (QED) is 0.933. The Morgan fingerprint density at radius 1 is 1.20 bits per heavy atom. The molecule has 2 aromatic rings. The topological polar surface area (TPSA) is 71.2 Å². The molecule has 0 unspecified atom stereocenters. The van der Waals surface area contributed by atoms with Gasteiger partial charge >= 0.3 is 0 Å². The second kappa shape index (κ2) is 6.59. The van der Waals surface area contributed by atoms with Crippen molar-refractivity contribution in [2.75, 3.05) is 11.4 Å². The number of nitrogens with zero attached hydrogens (tertiary/aromatic N) is 4. The Balaban J connectivity index is 1.71. The summed E-state index contributed by atoms with van der Waals surface area (Å²) in [6.45, 7) is 2.65. The predicted molar refractivity (Wildman–Crippen MR) is 95.3 cm³/mol. The van der Waals surface area contributed by atoms with E-state index in [-0.39, 0.29) is 18.1 Å². The molecule has 1 aromatic heterocycles. The average molecular weight is 340 g/mol. The monoisotopic (exact) mass is 340 g/mol. The second-order valence-corrected chi connectivity index (χ2v) is 7.05. The Kier molecular flexibility index (Phi) is 4.29. The van der Waals surface area contributed by atoms with Gasteiger partial charge in [0.1, 0.15) is 5.82 Å². The van der Waals surface area contributed by atoms with Crippen LogP contribution in [0.4, 0.5) is 5.69 Å². The van der Waals surface area contributed by atoms with Crippen molar-refractivity contribution < 1.29 is 9.90 Å². The summed E-state index contributed by atoms with van der Waals surface area (Å²) in [6.07, 6.45) is 5.04. The van der Waals surface area contributed by atoms with Gasteiger partial charge in [-0.3, -0.25) is 4.79 Å². The molecule has 2 fully saturated rings. The standard InChI is InChI=1S/C19H24N4O2/c1-13-20-19(23(21-13)16-8-2-3-9-17(16)24)14-6-4-7-15(12-14)22-11-5-10-18(22)25/h4,6-7,12,16-17,24H,2-3,5,8-11H2,1H3/t16-,17-/m1/s1. The van der Waals surface area contributed by atoms with Crippen LogP contribution in [0.3, 0.4) is 0 Å². The lowest BCUT2D eigenvalue weighted by Crippen LogP contribution is -2.29. The van der Waals surface area contributed by atoms with Crippen molar-refractivity contribution in [3.8, 4) is 11.4 Å². The normalized spacial score (nSPS) is 24.1. The van der Waals surface area contributed by atoms with Crippen LogP contribution in [0.15, 0.2) is 24.3 Å². The molecule has 132 valence electrons. The van der Waals surface area contributed by atoms with Gasteiger partial charge in [-0.25, -0.2) is 9.67 Å². The maximum absolute atomic E-state index is 12.0. The smallest absolute Gasteiger partial charge is 0.227 e. The van der Waals surface area contributed by atoms with Crippen LogP contribution in [0, 0.1) is 6.92 Å². The summed E-state index contributed by atoms with van der Waals surface area (Å²) in [6, 6.07) is 7.91. The van der Waals surface area contributed by atoms with Gasteiger partial charge in [-0.1, -0.05) is 25.0 Å². The zero-order chi connectivity index (χ0) is 17.4. The lowest BCUT2D eigenvalue weighted by molar-refractivity contribution is -0.117. The minimum Gasteiger partial charge on any atom is -0.391 e. The van der Waals surface area contributed by atoms with Crippen LogP contribution in [-0.2, 0) is 4.79 Å². The van der Waals surface area contributed by atoms with E-state index in [2.05, 4.69) is 10.1 Å². The van der Waals surface area contributed by atoms with Gasteiger partial charge in [0.05, 0.1) is 12.1 Å². The largest absolute Gasteiger partial charge is 0.391 e. The van der Waals surface area contributed by atoms with E-state index in [0.29, 0.717) is 12.2 Å². The number of aromatic nitrogens is 3. The zero-order valence-electron chi connectivity index (χ0n) is 14.6. The van der Waals surface area contributed by atoms with Crippen LogP contribution in [0.25, 0.3) is 11.4 Å². The van der Waals surface area contributed by atoms with Gasteiger partial charge in [0, 0.05) is 24.2 Å². The predicted octanol–water partition coefficient (Wildman–Crippen LogP) is 2.86. The fraction of sp³-hybridized carbons (Fsp3) is 0.526. The summed E-state index contributed by atoms with van der Waals surface area (Å²) in [5.74, 6) is 1.66. The number of amides is 1. The third-order valence-electron chi connectivity index (χ3n) is 5.23. The van der Waals surface area contributed by atoms with Gasteiger partial charge in [0.25, 0.3) is 0 Å². The molecule has 2 heterocycles. The second-order valence-electron chi connectivity index (χ2n) is 7.05. The molecule has 1 aliphatic heterocycles. The molecular weight excluding hydrogens is 316 g/mol. The highest BCUT2D eigenvalue weighted by Crippen LogP contribution is 2.33. The molecule has 1 saturated carbocycles. The van der Waals surface area contributed by atoms with Gasteiger partial charge in [-0.15, -0.1) is 0 Å². The van der Waals surface area contributed by atoms with Crippen LogP contribution in [0.5, 0.6) is 0 Å². The fourth-order valence-electron chi connectivity index (χ4n) is 3.97. The van der Waals surface area contributed by atoms with E-state index in [4.69, 9.17) is 0 Å². The highest BCUT2D eigenvalue weighted by molar-refractivity contribution is 5.95. The van der Waals surface area contributed by atoms with E-state index in [0.717, 1.165) is 55.7 Å². The van der Waals surface area contributed by atoms with Crippen LogP contribution in [-0.4, -0.2) is 38.4 Å². The van der Waals surface area contributed by atoms with E-state index < -0.39 is 0 Å².